The second-order valence-electron chi connectivity index (χ2n) is 4.00. The number of allylic oxidation sites excluding steroid dienone is 2. The molecule has 2 N–H and O–H groups in total. The number of benzene rings is 1. The summed E-state index contributed by atoms with van der Waals surface area (Å²) in [7, 11) is 1.71. The van der Waals surface area contributed by atoms with Crippen LogP contribution < -0.4 is 10.6 Å². The average molecular weight is 214 g/mol. The minimum absolute atomic E-state index is 0.185. The molecule has 3 heteroatoms. The first-order valence-corrected chi connectivity index (χ1v) is 5.43. The molecule has 1 aliphatic carbocycles. The number of hydrogen-bond acceptors (Lipinski definition) is 3. The van der Waals surface area contributed by atoms with Crippen LogP contribution in [0.25, 0.3) is 0 Å². The smallest absolute Gasteiger partial charge is 0.120 e. The van der Waals surface area contributed by atoms with Crippen LogP contribution in [0.3, 0.4) is 0 Å². The second-order valence-corrected chi connectivity index (χ2v) is 4.00. The van der Waals surface area contributed by atoms with Crippen LogP contribution in [0.1, 0.15) is 0 Å². The van der Waals surface area contributed by atoms with Crippen LogP contribution in [0, 0.1) is 0 Å². The number of hydrogen-bond donors (Lipinski definition) is 2. The maximum Gasteiger partial charge on any atom is 0.120 e. The van der Waals surface area contributed by atoms with Crippen molar-refractivity contribution in [3.63, 3.8) is 0 Å². The Morgan fingerprint density at radius 1 is 1.12 bits per heavy atom. The predicted molar refractivity (Wildman–Crippen MR) is 65.5 cm³/mol. The lowest BCUT2D eigenvalue weighted by atomic mass is 9.97. The first kappa shape index (κ1) is 9.33. The van der Waals surface area contributed by atoms with Gasteiger partial charge in [0.2, 0.25) is 0 Å². The summed E-state index contributed by atoms with van der Waals surface area (Å²) in [6, 6.07) is 8.66. The van der Waals surface area contributed by atoms with Crippen molar-refractivity contribution in [2.24, 2.45) is 0 Å². The van der Waals surface area contributed by atoms with Gasteiger partial charge in [0.25, 0.3) is 0 Å². The third-order valence-electron chi connectivity index (χ3n) is 3.04. The van der Waals surface area contributed by atoms with Crippen LogP contribution in [0.4, 0.5) is 11.4 Å². The largest absolute Gasteiger partial charge is 0.499 e. The first-order valence-electron chi connectivity index (χ1n) is 5.43. The minimum atomic E-state index is 0.185. The molecule has 1 aromatic rings. The van der Waals surface area contributed by atoms with E-state index in [9.17, 15) is 0 Å². The Morgan fingerprint density at radius 3 is 2.62 bits per heavy atom. The molecule has 0 fully saturated rings. The number of methoxy groups -OCH3 is 1. The Bertz CT molecular complexity index is 465. The summed E-state index contributed by atoms with van der Waals surface area (Å²) in [6.45, 7) is 0. The van der Waals surface area contributed by atoms with Crippen molar-refractivity contribution in [3.05, 3.63) is 48.3 Å². The van der Waals surface area contributed by atoms with Crippen LogP contribution in [0.15, 0.2) is 48.3 Å². The van der Waals surface area contributed by atoms with E-state index in [2.05, 4.69) is 28.8 Å². The molecule has 0 spiro atoms. The number of para-hydroxylation sites is 2. The Labute approximate surface area is 94.8 Å². The highest BCUT2D eigenvalue weighted by molar-refractivity contribution is 5.73. The van der Waals surface area contributed by atoms with E-state index in [1.807, 2.05) is 24.3 Å². The third-order valence-corrected chi connectivity index (χ3v) is 3.04. The molecule has 2 aliphatic rings. The van der Waals surface area contributed by atoms with Crippen molar-refractivity contribution in [2.45, 2.75) is 12.1 Å². The van der Waals surface area contributed by atoms with E-state index in [-0.39, 0.29) is 12.1 Å². The van der Waals surface area contributed by atoms with Gasteiger partial charge in [0.15, 0.2) is 0 Å². The highest BCUT2D eigenvalue weighted by Crippen LogP contribution is 2.32. The highest BCUT2D eigenvalue weighted by atomic mass is 16.5. The number of anilines is 2. The molecule has 16 heavy (non-hydrogen) atoms. The van der Waals surface area contributed by atoms with Gasteiger partial charge in [-0.1, -0.05) is 24.3 Å². The number of fused-ring (bicyclic) bond motifs is 2. The maximum absolute atomic E-state index is 5.38. The maximum atomic E-state index is 5.38. The molecular formula is C13H14N2O. The lowest BCUT2D eigenvalue weighted by molar-refractivity contribution is 0.264. The molecule has 3 rings (SSSR count). The predicted octanol–water partition coefficient (Wildman–Crippen LogP) is 2.36. The van der Waals surface area contributed by atoms with Crippen molar-refractivity contribution in [1.82, 2.24) is 0 Å². The Kier molecular flexibility index (Phi) is 2.10. The number of rotatable bonds is 1. The van der Waals surface area contributed by atoms with E-state index in [4.69, 9.17) is 4.74 Å². The van der Waals surface area contributed by atoms with E-state index >= 15 is 0 Å². The van der Waals surface area contributed by atoms with E-state index in [1.165, 1.54) is 0 Å². The summed E-state index contributed by atoms with van der Waals surface area (Å²) < 4.78 is 5.38. The number of ether oxygens (including phenoxy) is 1. The zero-order chi connectivity index (χ0) is 11.0. The van der Waals surface area contributed by atoms with Gasteiger partial charge < -0.3 is 15.4 Å². The quantitative estimate of drug-likeness (QED) is 0.753. The van der Waals surface area contributed by atoms with Crippen LogP contribution >= 0.6 is 0 Å². The zero-order valence-electron chi connectivity index (χ0n) is 9.10. The normalized spacial score (nSPS) is 25.7. The van der Waals surface area contributed by atoms with Gasteiger partial charge in [-0.25, -0.2) is 0 Å². The molecule has 0 aromatic heterocycles. The molecule has 0 amide bonds. The van der Waals surface area contributed by atoms with Gasteiger partial charge in [-0.3, -0.25) is 0 Å². The van der Waals surface area contributed by atoms with Gasteiger partial charge in [-0.2, -0.15) is 0 Å². The van der Waals surface area contributed by atoms with Crippen molar-refractivity contribution in [3.8, 4) is 0 Å². The SMILES string of the molecule is COC1=CC=CC2Nc3ccccc3NC12. The first-order chi connectivity index (χ1) is 7.88. The molecule has 0 radical (unpaired) electrons. The fourth-order valence-corrected chi connectivity index (χ4v) is 2.23. The summed E-state index contributed by atoms with van der Waals surface area (Å²) in [5, 5.41) is 6.99. The summed E-state index contributed by atoms with van der Waals surface area (Å²) in [5.74, 6) is 0.967. The summed E-state index contributed by atoms with van der Waals surface area (Å²) >= 11 is 0. The fourth-order valence-electron chi connectivity index (χ4n) is 2.23. The molecule has 0 saturated carbocycles. The molecule has 1 aromatic carbocycles. The Balaban J connectivity index is 1.97. The lowest BCUT2D eigenvalue weighted by Gasteiger charge is -2.36. The fraction of sp³-hybridized carbons (Fsp3) is 0.231. The molecule has 2 atom stereocenters. The zero-order valence-corrected chi connectivity index (χ0v) is 9.10. The van der Waals surface area contributed by atoms with Crippen molar-refractivity contribution < 1.29 is 4.74 Å². The average Bonchev–Trinajstić information content (AvgIpc) is 2.35. The van der Waals surface area contributed by atoms with Gasteiger partial charge in [-0.15, -0.1) is 0 Å². The standard InChI is InChI=1S/C13H14N2O/c1-16-12-8-4-7-11-13(12)15-10-6-3-2-5-9(10)14-11/h2-8,11,13-15H,1H3. The molecule has 3 nitrogen and oxygen atoms in total. The van der Waals surface area contributed by atoms with Gasteiger partial charge in [0, 0.05) is 0 Å². The monoisotopic (exact) mass is 214 g/mol. The lowest BCUT2D eigenvalue weighted by Crippen LogP contribution is -2.44. The molecular weight excluding hydrogens is 200 g/mol. The minimum Gasteiger partial charge on any atom is -0.499 e. The van der Waals surface area contributed by atoms with E-state index in [0.717, 1.165) is 17.1 Å². The van der Waals surface area contributed by atoms with Crippen molar-refractivity contribution >= 4 is 11.4 Å². The molecule has 0 saturated heterocycles. The van der Waals surface area contributed by atoms with Crippen LogP contribution in [0.5, 0.6) is 0 Å². The molecule has 82 valence electrons. The summed E-state index contributed by atoms with van der Waals surface area (Å²) in [4.78, 5) is 0. The summed E-state index contributed by atoms with van der Waals surface area (Å²) in [6.07, 6.45) is 6.18. The van der Waals surface area contributed by atoms with Crippen LogP contribution in [-0.2, 0) is 4.74 Å². The van der Waals surface area contributed by atoms with Gasteiger partial charge in [0.1, 0.15) is 11.8 Å². The van der Waals surface area contributed by atoms with Crippen molar-refractivity contribution in [2.75, 3.05) is 17.7 Å². The molecule has 2 unspecified atom stereocenters. The Morgan fingerprint density at radius 2 is 1.88 bits per heavy atom. The summed E-state index contributed by atoms with van der Waals surface area (Å²) in [5.41, 5.74) is 2.27. The van der Waals surface area contributed by atoms with Crippen LogP contribution in [-0.4, -0.2) is 19.2 Å². The highest BCUT2D eigenvalue weighted by Gasteiger charge is 2.30. The van der Waals surface area contributed by atoms with Gasteiger partial charge in [-0.05, 0) is 18.2 Å². The number of nitrogens with one attached hydrogen (secondary N) is 2. The Hall–Kier alpha value is -1.90. The second kappa shape index (κ2) is 3.59. The van der Waals surface area contributed by atoms with E-state index < -0.39 is 0 Å². The van der Waals surface area contributed by atoms with Crippen LogP contribution in [0.2, 0.25) is 0 Å². The topological polar surface area (TPSA) is 33.3 Å². The molecule has 0 bridgehead atoms. The van der Waals surface area contributed by atoms with E-state index in [1.54, 1.807) is 7.11 Å². The molecule has 1 aliphatic heterocycles. The van der Waals surface area contributed by atoms with Gasteiger partial charge in [0.05, 0.1) is 24.5 Å². The van der Waals surface area contributed by atoms with Crippen molar-refractivity contribution in [1.29, 1.82) is 0 Å². The van der Waals surface area contributed by atoms with E-state index in [0.29, 0.717) is 0 Å². The van der Waals surface area contributed by atoms with Gasteiger partial charge >= 0.3 is 0 Å². The third kappa shape index (κ3) is 1.36. The molecule has 1 heterocycles.